The van der Waals surface area contributed by atoms with Crippen molar-refractivity contribution in [2.75, 3.05) is 38.1 Å². The SMILES string of the molecule is CN/C=C(\C=N)c1cc(-c2ccc(N3CCN(C(=O)C(O)Cc4ccccc4)CC3)nc2)c2c(C#N)cnn2c1. The van der Waals surface area contributed by atoms with Gasteiger partial charge in [-0.3, -0.25) is 4.79 Å². The molecule has 202 valence electrons. The number of carbonyl (C=O) groups is 1. The first-order valence-corrected chi connectivity index (χ1v) is 13.0. The quantitative estimate of drug-likeness (QED) is 0.296. The second-order valence-electron chi connectivity index (χ2n) is 9.56. The van der Waals surface area contributed by atoms with Crippen molar-refractivity contribution in [1.82, 2.24) is 24.8 Å². The molecule has 4 heterocycles. The molecule has 3 aromatic heterocycles. The zero-order valence-electron chi connectivity index (χ0n) is 22.2. The van der Waals surface area contributed by atoms with E-state index in [9.17, 15) is 15.2 Å². The minimum absolute atomic E-state index is 0.249. The molecule has 10 heteroatoms. The maximum Gasteiger partial charge on any atom is 0.251 e. The van der Waals surface area contributed by atoms with Crippen molar-refractivity contribution in [1.29, 1.82) is 10.7 Å². The Morgan fingerprint density at radius 2 is 1.95 bits per heavy atom. The molecule has 0 aliphatic carbocycles. The number of aliphatic hydroxyl groups excluding tert-OH is 1. The van der Waals surface area contributed by atoms with Crippen LogP contribution >= 0.6 is 0 Å². The van der Waals surface area contributed by atoms with Gasteiger partial charge in [0.25, 0.3) is 5.91 Å². The summed E-state index contributed by atoms with van der Waals surface area (Å²) in [6.07, 6.45) is 7.35. The molecule has 0 bridgehead atoms. The second-order valence-corrected chi connectivity index (χ2v) is 9.56. The molecule has 1 aliphatic rings. The number of aromatic nitrogens is 3. The van der Waals surface area contributed by atoms with E-state index in [1.807, 2.05) is 48.5 Å². The number of nitriles is 1. The molecule has 0 radical (unpaired) electrons. The predicted molar refractivity (Wildman–Crippen MR) is 154 cm³/mol. The molecule has 1 saturated heterocycles. The largest absolute Gasteiger partial charge is 0.393 e. The van der Waals surface area contributed by atoms with Crippen molar-refractivity contribution < 1.29 is 9.90 Å². The maximum atomic E-state index is 12.8. The van der Waals surface area contributed by atoms with Crippen LogP contribution in [0.1, 0.15) is 16.7 Å². The molecule has 0 spiro atoms. The first kappa shape index (κ1) is 26.6. The molecule has 1 aromatic carbocycles. The summed E-state index contributed by atoms with van der Waals surface area (Å²) in [4.78, 5) is 21.3. The van der Waals surface area contributed by atoms with Crippen LogP contribution < -0.4 is 10.2 Å². The first-order valence-electron chi connectivity index (χ1n) is 13.0. The molecule has 0 saturated carbocycles. The van der Waals surface area contributed by atoms with Gasteiger partial charge < -0.3 is 25.6 Å². The Morgan fingerprint density at radius 3 is 2.60 bits per heavy atom. The number of piperazine rings is 1. The van der Waals surface area contributed by atoms with Crippen LogP contribution in [0.25, 0.3) is 22.2 Å². The number of nitrogens with one attached hydrogen (secondary N) is 2. The van der Waals surface area contributed by atoms with E-state index in [2.05, 4.69) is 21.4 Å². The fourth-order valence-corrected chi connectivity index (χ4v) is 4.97. The monoisotopic (exact) mass is 534 g/mol. The lowest BCUT2D eigenvalue weighted by Crippen LogP contribution is -2.52. The van der Waals surface area contributed by atoms with Crippen molar-refractivity contribution in [2.45, 2.75) is 12.5 Å². The zero-order chi connectivity index (χ0) is 28.1. The van der Waals surface area contributed by atoms with Gasteiger partial charge in [0.05, 0.1) is 17.3 Å². The number of rotatable bonds is 8. The number of pyridine rings is 2. The molecule has 5 rings (SSSR count). The van der Waals surface area contributed by atoms with E-state index in [1.165, 1.54) is 12.4 Å². The van der Waals surface area contributed by atoms with Crippen molar-refractivity contribution >= 4 is 29.0 Å². The Bertz CT molecular complexity index is 1580. The van der Waals surface area contributed by atoms with Crippen molar-refractivity contribution in [3.05, 3.63) is 90.0 Å². The maximum absolute atomic E-state index is 12.8. The molecule has 3 N–H and O–H groups in total. The van der Waals surface area contributed by atoms with Gasteiger partial charge in [0, 0.05) is 86.7 Å². The van der Waals surface area contributed by atoms with Crippen LogP contribution in [0.15, 0.2) is 73.3 Å². The fraction of sp³-hybridized carbons (Fsp3) is 0.233. The van der Waals surface area contributed by atoms with E-state index in [0.29, 0.717) is 49.3 Å². The number of anilines is 1. The lowest BCUT2D eigenvalue weighted by Gasteiger charge is -2.36. The number of amides is 1. The van der Waals surface area contributed by atoms with Crippen molar-refractivity contribution in [3.8, 4) is 17.2 Å². The summed E-state index contributed by atoms with van der Waals surface area (Å²) in [5, 5.41) is 35.3. The molecular weight excluding hydrogens is 504 g/mol. The molecule has 40 heavy (non-hydrogen) atoms. The Labute approximate surface area is 232 Å². The number of benzene rings is 1. The highest BCUT2D eigenvalue weighted by Gasteiger charge is 2.27. The van der Waals surface area contributed by atoms with Gasteiger partial charge in [0.2, 0.25) is 0 Å². The van der Waals surface area contributed by atoms with E-state index in [1.54, 1.807) is 35.1 Å². The number of aliphatic hydroxyl groups is 1. The Balaban J connectivity index is 1.32. The van der Waals surface area contributed by atoms with Crippen LogP contribution in [0.3, 0.4) is 0 Å². The molecule has 1 atom stereocenters. The third kappa shape index (κ3) is 5.41. The van der Waals surface area contributed by atoms with E-state index in [-0.39, 0.29) is 5.91 Å². The molecule has 10 nitrogen and oxygen atoms in total. The standard InChI is InChI=1S/C30H30N8O2/c1-33-17-24(15-31)23-14-26(29-25(16-32)19-35-38(29)20-23)22-7-8-28(34-18-22)36-9-11-37(12-10-36)30(40)27(39)13-21-5-3-2-4-6-21/h2-8,14-15,17-20,27,31,33,39H,9-13H2,1H3/b24-17+,31-15?. The van der Waals surface area contributed by atoms with Crippen LogP contribution in [0.5, 0.6) is 0 Å². The zero-order valence-corrected chi connectivity index (χ0v) is 22.2. The normalized spacial score (nSPS) is 14.6. The average Bonchev–Trinajstić information content (AvgIpc) is 3.43. The minimum atomic E-state index is -1.06. The molecule has 1 aliphatic heterocycles. The predicted octanol–water partition coefficient (Wildman–Crippen LogP) is 2.73. The van der Waals surface area contributed by atoms with Gasteiger partial charge in [0.1, 0.15) is 18.0 Å². The van der Waals surface area contributed by atoms with Crippen LogP contribution in [-0.4, -0.2) is 76.1 Å². The van der Waals surface area contributed by atoms with Gasteiger partial charge >= 0.3 is 0 Å². The van der Waals surface area contributed by atoms with Gasteiger partial charge in [-0.05, 0) is 23.8 Å². The van der Waals surface area contributed by atoms with Gasteiger partial charge in [-0.15, -0.1) is 0 Å². The highest BCUT2D eigenvalue weighted by atomic mass is 16.3. The van der Waals surface area contributed by atoms with Crippen LogP contribution in [0.2, 0.25) is 0 Å². The topological polar surface area (TPSA) is 134 Å². The highest BCUT2D eigenvalue weighted by molar-refractivity contribution is 6.08. The molecule has 1 fully saturated rings. The smallest absolute Gasteiger partial charge is 0.251 e. The number of nitrogens with zero attached hydrogens (tertiary/aromatic N) is 6. The third-order valence-corrected chi connectivity index (χ3v) is 7.05. The van der Waals surface area contributed by atoms with Gasteiger partial charge in [-0.2, -0.15) is 10.4 Å². The summed E-state index contributed by atoms with van der Waals surface area (Å²) >= 11 is 0. The lowest BCUT2D eigenvalue weighted by molar-refractivity contribution is -0.140. The summed E-state index contributed by atoms with van der Waals surface area (Å²) in [6.45, 7) is 2.22. The Kier molecular flexibility index (Phi) is 7.84. The van der Waals surface area contributed by atoms with E-state index >= 15 is 0 Å². The lowest BCUT2D eigenvalue weighted by atomic mass is 10.0. The summed E-state index contributed by atoms with van der Waals surface area (Å²) in [7, 11) is 1.77. The summed E-state index contributed by atoms with van der Waals surface area (Å²) in [6, 6.07) is 17.6. The minimum Gasteiger partial charge on any atom is -0.393 e. The van der Waals surface area contributed by atoms with Gasteiger partial charge in [-0.25, -0.2) is 9.50 Å². The highest BCUT2D eigenvalue weighted by Crippen LogP contribution is 2.30. The van der Waals surface area contributed by atoms with Crippen LogP contribution in [0, 0.1) is 16.7 Å². The summed E-state index contributed by atoms with van der Waals surface area (Å²) in [5.74, 6) is 0.540. The first-order chi connectivity index (χ1) is 19.5. The fourth-order valence-electron chi connectivity index (χ4n) is 4.97. The van der Waals surface area contributed by atoms with Crippen molar-refractivity contribution in [2.24, 2.45) is 0 Å². The van der Waals surface area contributed by atoms with Gasteiger partial charge in [-0.1, -0.05) is 30.3 Å². The third-order valence-electron chi connectivity index (χ3n) is 7.05. The molecule has 1 amide bonds. The Morgan fingerprint density at radius 1 is 1.18 bits per heavy atom. The van der Waals surface area contributed by atoms with Crippen LogP contribution in [0.4, 0.5) is 5.82 Å². The average molecular weight is 535 g/mol. The number of allylic oxidation sites excluding steroid dienone is 1. The molecule has 1 unspecified atom stereocenters. The number of carbonyl (C=O) groups excluding carboxylic acids is 1. The molecule has 4 aromatic rings. The van der Waals surface area contributed by atoms with E-state index in [0.717, 1.165) is 28.1 Å². The summed E-state index contributed by atoms with van der Waals surface area (Å²) < 4.78 is 1.66. The second kappa shape index (κ2) is 11.8. The Hall–Kier alpha value is -5.01. The molecular formula is C30H30N8O2. The van der Waals surface area contributed by atoms with E-state index < -0.39 is 6.10 Å². The number of hydrogen-bond acceptors (Lipinski definition) is 8. The van der Waals surface area contributed by atoms with Crippen LogP contribution in [-0.2, 0) is 11.2 Å². The summed E-state index contributed by atoms with van der Waals surface area (Å²) in [5.41, 5.74) is 5.12. The van der Waals surface area contributed by atoms with Gasteiger partial charge in [0.15, 0.2) is 0 Å². The van der Waals surface area contributed by atoms with E-state index in [4.69, 9.17) is 10.4 Å². The number of fused-ring (bicyclic) bond motifs is 1. The number of hydrogen-bond donors (Lipinski definition) is 3. The van der Waals surface area contributed by atoms with Crippen molar-refractivity contribution in [3.63, 3.8) is 0 Å².